The zero-order valence-electron chi connectivity index (χ0n) is 19.0. The molecule has 1 heterocycles. The van der Waals surface area contributed by atoms with Crippen molar-refractivity contribution in [1.82, 2.24) is 14.5 Å². The highest BCUT2D eigenvalue weighted by molar-refractivity contribution is 5.51. The molecule has 5 nitrogen and oxygen atoms in total. The summed E-state index contributed by atoms with van der Waals surface area (Å²) in [6.07, 6.45) is 5.60. The first kappa shape index (κ1) is 21.7. The van der Waals surface area contributed by atoms with Crippen LogP contribution < -0.4 is 9.64 Å². The highest BCUT2D eigenvalue weighted by Gasteiger charge is 2.11. The number of ether oxygens (including phenoxy) is 1. The number of aromatic nitrogens is 2. The molecule has 0 bridgehead atoms. The van der Waals surface area contributed by atoms with E-state index in [1.165, 1.54) is 22.4 Å². The van der Waals surface area contributed by atoms with E-state index in [1.54, 1.807) is 13.3 Å². The van der Waals surface area contributed by atoms with Crippen LogP contribution in [0.1, 0.15) is 16.7 Å². The summed E-state index contributed by atoms with van der Waals surface area (Å²) in [5.74, 6) is 0.880. The fourth-order valence-corrected chi connectivity index (χ4v) is 3.89. The van der Waals surface area contributed by atoms with Gasteiger partial charge in [-0.1, -0.05) is 36.4 Å². The van der Waals surface area contributed by atoms with Crippen molar-refractivity contribution in [3.63, 3.8) is 0 Å². The summed E-state index contributed by atoms with van der Waals surface area (Å²) >= 11 is 0. The molecule has 0 aliphatic rings. The van der Waals surface area contributed by atoms with Crippen molar-refractivity contribution in [2.45, 2.75) is 19.6 Å². The molecule has 5 heteroatoms. The molecule has 0 saturated carbocycles. The predicted molar refractivity (Wildman–Crippen MR) is 130 cm³/mol. The van der Waals surface area contributed by atoms with Crippen molar-refractivity contribution in [3.8, 4) is 11.4 Å². The quantitative estimate of drug-likeness (QED) is 0.371. The van der Waals surface area contributed by atoms with E-state index in [0.29, 0.717) is 0 Å². The molecule has 0 unspecified atom stereocenters. The smallest absolute Gasteiger partial charge is 0.119 e. The summed E-state index contributed by atoms with van der Waals surface area (Å²) in [4.78, 5) is 8.79. The Bertz CT molecular complexity index is 1140. The second-order valence-electron chi connectivity index (χ2n) is 8.26. The first-order valence-electron chi connectivity index (χ1n) is 10.8. The Morgan fingerprint density at radius 1 is 0.812 bits per heavy atom. The highest BCUT2D eigenvalue weighted by atomic mass is 16.5. The van der Waals surface area contributed by atoms with Gasteiger partial charge in [0.25, 0.3) is 0 Å². The molecule has 0 aliphatic heterocycles. The van der Waals surface area contributed by atoms with E-state index in [9.17, 15) is 0 Å². The molecule has 0 radical (unpaired) electrons. The fraction of sp³-hybridized carbons (Fsp3) is 0.222. The topological polar surface area (TPSA) is 33.5 Å². The Labute approximate surface area is 190 Å². The number of imidazole rings is 1. The molecule has 0 fully saturated rings. The van der Waals surface area contributed by atoms with Gasteiger partial charge in [-0.3, -0.25) is 0 Å². The number of hydrogen-bond acceptors (Lipinski definition) is 4. The molecule has 3 aromatic carbocycles. The van der Waals surface area contributed by atoms with Gasteiger partial charge in [-0.05, 0) is 67.2 Å². The lowest BCUT2D eigenvalue weighted by molar-refractivity contribution is 0.402. The normalized spacial score (nSPS) is 11.0. The summed E-state index contributed by atoms with van der Waals surface area (Å²) in [6.45, 7) is 2.50. The molecule has 4 rings (SSSR count). The van der Waals surface area contributed by atoms with Crippen LogP contribution in [0.2, 0.25) is 0 Å². The van der Waals surface area contributed by atoms with Crippen LogP contribution in [0.5, 0.6) is 5.75 Å². The van der Waals surface area contributed by atoms with Crippen molar-refractivity contribution >= 4 is 5.69 Å². The Morgan fingerprint density at radius 3 is 2.19 bits per heavy atom. The Morgan fingerprint density at radius 2 is 1.50 bits per heavy atom. The van der Waals surface area contributed by atoms with Crippen molar-refractivity contribution in [2.24, 2.45) is 0 Å². The molecular formula is C27H30N4O. The molecule has 4 aromatic rings. The van der Waals surface area contributed by atoms with Gasteiger partial charge in [0, 0.05) is 43.4 Å². The van der Waals surface area contributed by atoms with Crippen LogP contribution in [0.4, 0.5) is 5.69 Å². The predicted octanol–water partition coefficient (Wildman–Crippen LogP) is 5.15. The summed E-state index contributed by atoms with van der Waals surface area (Å²) in [5.41, 5.74) is 6.09. The van der Waals surface area contributed by atoms with E-state index in [0.717, 1.165) is 31.1 Å². The molecular weight excluding hydrogens is 396 g/mol. The Kier molecular flexibility index (Phi) is 6.87. The van der Waals surface area contributed by atoms with Crippen LogP contribution in [0.15, 0.2) is 91.5 Å². The SMILES string of the molecule is COc1cccc(CN(Cc2cccc(-n3ccnc3)c2)c2cccc(CN(C)C)c2)c1. The van der Waals surface area contributed by atoms with Gasteiger partial charge in [-0.15, -0.1) is 0 Å². The summed E-state index contributed by atoms with van der Waals surface area (Å²) in [6, 6.07) is 25.7. The highest BCUT2D eigenvalue weighted by Crippen LogP contribution is 2.24. The minimum atomic E-state index is 0.790. The minimum Gasteiger partial charge on any atom is -0.497 e. The lowest BCUT2D eigenvalue weighted by Crippen LogP contribution is -2.22. The van der Waals surface area contributed by atoms with E-state index < -0.39 is 0 Å². The first-order valence-corrected chi connectivity index (χ1v) is 10.8. The fourth-order valence-electron chi connectivity index (χ4n) is 3.89. The van der Waals surface area contributed by atoms with Crippen molar-refractivity contribution in [3.05, 3.63) is 108 Å². The lowest BCUT2D eigenvalue weighted by atomic mass is 10.1. The van der Waals surface area contributed by atoms with Crippen LogP contribution in [-0.4, -0.2) is 35.7 Å². The molecule has 0 N–H and O–H groups in total. The number of anilines is 1. The Balaban J connectivity index is 1.65. The average molecular weight is 427 g/mol. The molecule has 1 aromatic heterocycles. The molecule has 32 heavy (non-hydrogen) atoms. The van der Waals surface area contributed by atoms with Gasteiger partial charge in [0.05, 0.1) is 13.4 Å². The molecule has 0 atom stereocenters. The van der Waals surface area contributed by atoms with E-state index in [4.69, 9.17) is 4.74 Å². The van der Waals surface area contributed by atoms with Crippen LogP contribution in [0.25, 0.3) is 5.69 Å². The maximum atomic E-state index is 5.45. The number of nitrogens with zero attached hydrogens (tertiary/aromatic N) is 4. The standard InChI is InChI=1S/C27H30N4O/c1-29(2)18-22-7-4-11-26(15-22)31(20-24-9-6-12-27(17-24)32-3)19-23-8-5-10-25(16-23)30-14-13-28-21-30/h4-17,21H,18-20H2,1-3H3. The van der Waals surface area contributed by atoms with E-state index in [1.807, 2.05) is 23.2 Å². The maximum Gasteiger partial charge on any atom is 0.119 e. The van der Waals surface area contributed by atoms with Gasteiger partial charge < -0.3 is 19.1 Å². The molecule has 0 saturated heterocycles. The van der Waals surface area contributed by atoms with Gasteiger partial charge in [0.2, 0.25) is 0 Å². The Hall–Kier alpha value is -3.57. The zero-order chi connectivity index (χ0) is 22.3. The van der Waals surface area contributed by atoms with Crippen LogP contribution in [0, 0.1) is 0 Å². The van der Waals surface area contributed by atoms with Gasteiger partial charge in [-0.2, -0.15) is 0 Å². The second kappa shape index (κ2) is 10.2. The van der Waals surface area contributed by atoms with Gasteiger partial charge in [0.15, 0.2) is 0 Å². The summed E-state index contributed by atoms with van der Waals surface area (Å²) in [5, 5.41) is 0. The number of hydrogen-bond donors (Lipinski definition) is 0. The van der Waals surface area contributed by atoms with Crippen LogP contribution in [0.3, 0.4) is 0 Å². The molecule has 0 spiro atoms. The monoisotopic (exact) mass is 426 g/mol. The van der Waals surface area contributed by atoms with Crippen molar-refractivity contribution in [1.29, 1.82) is 0 Å². The third-order valence-electron chi connectivity index (χ3n) is 5.37. The second-order valence-corrected chi connectivity index (χ2v) is 8.26. The summed E-state index contributed by atoms with van der Waals surface area (Å²) < 4.78 is 7.48. The zero-order valence-corrected chi connectivity index (χ0v) is 19.0. The van der Waals surface area contributed by atoms with Gasteiger partial charge in [-0.25, -0.2) is 4.98 Å². The number of rotatable bonds is 9. The van der Waals surface area contributed by atoms with E-state index in [-0.39, 0.29) is 0 Å². The molecule has 164 valence electrons. The van der Waals surface area contributed by atoms with Gasteiger partial charge in [0.1, 0.15) is 5.75 Å². The van der Waals surface area contributed by atoms with Gasteiger partial charge >= 0.3 is 0 Å². The van der Waals surface area contributed by atoms with Crippen molar-refractivity contribution < 1.29 is 4.74 Å². The third-order valence-corrected chi connectivity index (χ3v) is 5.37. The lowest BCUT2D eigenvalue weighted by Gasteiger charge is -2.26. The average Bonchev–Trinajstić information content (AvgIpc) is 3.34. The van der Waals surface area contributed by atoms with Crippen LogP contribution >= 0.6 is 0 Å². The number of methoxy groups -OCH3 is 1. The maximum absolute atomic E-state index is 5.45. The largest absolute Gasteiger partial charge is 0.497 e. The minimum absolute atomic E-state index is 0.790. The van der Waals surface area contributed by atoms with E-state index >= 15 is 0 Å². The van der Waals surface area contributed by atoms with Crippen molar-refractivity contribution in [2.75, 3.05) is 26.1 Å². The molecule has 0 aliphatic carbocycles. The van der Waals surface area contributed by atoms with Crippen LogP contribution in [-0.2, 0) is 19.6 Å². The number of benzene rings is 3. The third kappa shape index (κ3) is 5.56. The van der Waals surface area contributed by atoms with E-state index in [2.05, 4.69) is 95.6 Å². The molecule has 0 amide bonds. The first-order chi connectivity index (χ1) is 15.6. The summed E-state index contributed by atoms with van der Waals surface area (Å²) in [7, 11) is 5.91.